The van der Waals surface area contributed by atoms with Crippen LogP contribution in [0.4, 0.5) is 43.9 Å². The number of halogens is 10. The molecule has 0 fully saturated rings. The number of hydrogen-bond acceptors (Lipinski definition) is 3. The van der Waals surface area contributed by atoms with Gasteiger partial charge in [0.25, 0.3) is 16.5 Å². The van der Waals surface area contributed by atoms with Crippen LogP contribution in [0.2, 0.25) is 0 Å². The molecule has 0 aliphatic rings. The molecule has 0 rings (SSSR count). The van der Waals surface area contributed by atoms with Crippen LogP contribution >= 0.6 is 0 Å². The number of hydrogen-bond donors (Lipinski definition) is 0. The van der Waals surface area contributed by atoms with Crippen LogP contribution in [-0.2, 0) is 14.3 Å². The predicted octanol–water partition coefficient (Wildman–Crippen LogP) is 3.49. The first-order valence-electron chi connectivity index (χ1n) is 7.15. The summed E-state index contributed by atoms with van der Waals surface area (Å²) in [4.78, 5) is 0. The van der Waals surface area contributed by atoms with Crippen LogP contribution < -0.4 is 0 Å². The largest absolute Gasteiger partial charge is 0.272 e. The fourth-order valence-corrected chi connectivity index (χ4v) is 2.68. The molecular weight excluding hydrogens is 426 g/mol. The second-order valence-electron chi connectivity index (χ2n) is 5.26. The van der Waals surface area contributed by atoms with E-state index in [2.05, 4.69) is 10.8 Å². The molecule has 0 aromatic carbocycles. The molecule has 14 heteroatoms. The lowest BCUT2D eigenvalue weighted by atomic mass is 9.98. The van der Waals surface area contributed by atoms with Crippen molar-refractivity contribution in [1.82, 2.24) is 0 Å². The van der Waals surface area contributed by atoms with E-state index in [9.17, 15) is 52.3 Å². The quantitative estimate of drug-likeness (QED) is 0.249. The smallest absolute Gasteiger partial charge is 0.266 e. The zero-order valence-electron chi connectivity index (χ0n) is 13.3. The Bertz CT molecular complexity index is 548. The molecule has 0 aliphatic heterocycles. The Labute approximate surface area is 148 Å². The first-order chi connectivity index (χ1) is 12.3. The molecule has 0 saturated carbocycles. The summed E-state index contributed by atoms with van der Waals surface area (Å²) in [5.41, 5.74) is 0. The molecule has 8 unspecified atom stereocenters. The monoisotopic (exact) mass is 442 g/mol. The van der Waals surface area contributed by atoms with E-state index in [0.29, 0.717) is 0 Å². The summed E-state index contributed by atoms with van der Waals surface area (Å²) in [6.45, 7) is 2.40. The zero-order valence-corrected chi connectivity index (χ0v) is 14.1. The van der Waals surface area contributed by atoms with Crippen LogP contribution in [0.5, 0.6) is 0 Å². The third-order valence-corrected chi connectivity index (χ3v) is 4.36. The molecule has 0 heterocycles. The van der Waals surface area contributed by atoms with Gasteiger partial charge in [0.15, 0.2) is 49.4 Å². The molecule has 0 spiro atoms. The minimum atomic E-state index is -4.75. The van der Waals surface area contributed by atoms with Gasteiger partial charge in [0.1, 0.15) is 5.75 Å². The Morgan fingerprint density at radius 2 is 1.07 bits per heavy atom. The van der Waals surface area contributed by atoms with Crippen molar-refractivity contribution in [2.75, 3.05) is 12.4 Å². The summed E-state index contributed by atoms with van der Waals surface area (Å²) in [5.74, 6) is -1.82. The van der Waals surface area contributed by atoms with Crippen molar-refractivity contribution in [3.8, 4) is 0 Å². The van der Waals surface area contributed by atoms with Gasteiger partial charge in [-0.1, -0.05) is 6.08 Å². The highest BCUT2D eigenvalue weighted by Crippen LogP contribution is 2.29. The summed E-state index contributed by atoms with van der Waals surface area (Å²) >= 11 is 0. The van der Waals surface area contributed by atoms with Crippen LogP contribution in [0.3, 0.4) is 0 Å². The lowest BCUT2D eigenvalue weighted by Crippen LogP contribution is -2.48. The Kier molecular flexibility index (Phi) is 10.6. The molecule has 0 amide bonds. The number of alkyl halides is 10. The normalized spacial score (nSPS) is 21.7. The summed E-state index contributed by atoms with van der Waals surface area (Å²) in [5, 5.41) is 0. The highest BCUT2D eigenvalue weighted by atomic mass is 32.2. The first kappa shape index (κ1) is 26.0. The van der Waals surface area contributed by atoms with E-state index >= 15 is 0 Å². The van der Waals surface area contributed by atoms with Crippen molar-refractivity contribution in [2.24, 2.45) is 0 Å². The van der Waals surface area contributed by atoms with E-state index in [4.69, 9.17) is 0 Å². The van der Waals surface area contributed by atoms with Gasteiger partial charge in [-0.3, -0.25) is 4.18 Å². The van der Waals surface area contributed by atoms with Crippen LogP contribution in [-0.4, -0.2) is 76.6 Å². The minimum Gasteiger partial charge on any atom is -0.266 e. The van der Waals surface area contributed by atoms with Crippen molar-refractivity contribution >= 4 is 10.1 Å². The van der Waals surface area contributed by atoms with Gasteiger partial charge in [0.2, 0.25) is 0 Å². The molecular formula is C13H16F10O3S. The molecule has 0 aromatic heterocycles. The van der Waals surface area contributed by atoms with Gasteiger partial charge in [-0.2, -0.15) is 8.42 Å². The predicted molar refractivity (Wildman–Crippen MR) is 75.1 cm³/mol. The number of rotatable bonds is 13. The maximum absolute atomic E-state index is 13.5. The zero-order chi connectivity index (χ0) is 21.5. The van der Waals surface area contributed by atoms with E-state index < -0.39 is 78.3 Å². The lowest BCUT2D eigenvalue weighted by Gasteiger charge is -2.26. The fraction of sp³-hybridized carbons (Fsp3) is 0.846. The van der Waals surface area contributed by atoms with Gasteiger partial charge >= 0.3 is 0 Å². The average molecular weight is 442 g/mol. The van der Waals surface area contributed by atoms with E-state index in [1.165, 1.54) is 0 Å². The summed E-state index contributed by atoms with van der Waals surface area (Å²) in [6.07, 6.45) is -33.6. The summed E-state index contributed by atoms with van der Waals surface area (Å²) < 4.78 is 156. The van der Waals surface area contributed by atoms with Gasteiger partial charge in [0, 0.05) is 0 Å². The van der Waals surface area contributed by atoms with E-state index in [-0.39, 0.29) is 0 Å². The molecule has 27 heavy (non-hydrogen) atoms. The molecule has 0 aromatic rings. The van der Waals surface area contributed by atoms with Gasteiger partial charge < -0.3 is 0 Å². The second kappa shape index (κ2) is 11.1. The molecule has 0 radical (unpaired) electrons. The average Bonchev–Trinajstić information content (AvgIpc) is 2.61. The molecule has 0 saturated heterocycles. The van der Waals surface area contributed by atoms with Gasteiger partial charge in [-0.15, -0.1) is 6.58 Å². The molecule has 3 nitrogen and oxygen atoms in total. The molecule has 0 bridgehead atoms. The minimum absolute atomic E-state index is 0.653. The summed E-state index contributed by atoms with van der Waals surface area (Å²) in [6, 6.07) is 0. The van der Waals surface area contributed by atoms with E-state index in [1.807, 2.05) is 0 Å². The van der Waals surface area contributed by atoms with E-state index in [1.54, 1.807) is 0 Å². The van der Waals surface area contributed by atoms with Crippen molar-refractivity contribution in [3.05, 3.63) is 12.7 Å². The Hall–Kier alpha value is -1.05. The third-order valence-electron chi connectivity index (χ3n) is 3.14. The standard InChI is InChI=1S/C13H16F10O3S/c1-2-3-26-27(24,25)4-5(14)6(15)7(16)8(17)9(18)10(19)11(20)12(21)13(22)23/h2,5-13H,1,3-4H2. The van der Waals surface area contributed by atoms with Crippen LogP contribution in [0.15, 0.2) is 12.7 Å². The highest BCUT2D eigenvalue weighted by molar-refractivity contribution is 7.86. The van der Waals surface area contributed by atoms with Crippen LogP contribution in [0.1, 0.15) is 0 Å². The Balaban J connectivity index is 4.98. The highest BCUT2D eigenvalue weighted by Gasteiger charge is 2.49. The van der Waals surface area contributed by atoms with Gasteiger partial charge in [-0.05, 0) is 0 Å². The van der Waals surface area contributed by atoms with Crippen molar-refractivity contribution in [1.29, 1.82) is 0 Å². The van der Waals surface area contributed by atoms with Gasteiger partial charge in [-0.25, -0.2) is 43.9 Å². The van der Waals surface area contributed by atoms with Crippen LogP contribution in [0.25, 0.3) is 0 Å². The molecule has 0 N–H and O–H groups in total. The van der Waals surface area contributed by atoms with Crippen molar-refractivity contribution in [3.63, 3.8) is 0 Å². The van der Waals surface area contributed by atoms with E-state index in [0.717, 1.165) is 6.08 Å². The summed E-state index contributed by atoms with van der Waals surface area (Å²) in [7, 11) is -4.75. The van der Waals surface area contributed by atoms with Crippen LogP contribution in [0, 0.1) is 0 Å². The van der Waals surface area contributed by atoms with Crippen molar-refractivity contribution in [2.45, 2.75) is 55.8 Å². The first-order valence-corrected chi connectivity index (χ1v) is 8.73. The van der Waals surface area contributed by atoms with Crippen molar-refractivity contribution < 1.29 is 56.5 Å². The lowest BCUT2D eigenvalue weighted by molar-refractivity contribution is -0.0690. The SMILES string of the molecule is C=CCOS(=O)(=O)CC(F)C(F)C(F)C(F)C(F)C(F)C(F)C(F)C(F)F. The molecule has 8 atom stereocenters. The maximum Gasteiger partial charge on any atom is 0.272 e. The Morgan fingerprint density at radius 3 is 1.44 bits per heavy atom. The maximum atomic E-state index is 13.5. The third kappa shape index (κ3) is 7.84. The second-order valence-corrected chi connectivity index (χ2v) is 6.94. The van der Waals surface area contributed by atoms with Gasteiger partial charge in [0.05, 0.1) is 6.61 Å². The molecule has 0 aliphatic carbocycles. The molecule has 162 valence electrons. The topological polar surface area (TPSA) is 43.4 Å². The fourth-order valence-electron chi connectivity index (χ4n) is 1.70. The Morgan fingerprint density at radius 1 is 0.704 bits per heavy atom.